The second-order valence-corrected chi connectivity index (χ2v) is 8.90. The molecule has 1 saturated heterocycles. The molecule has 0 bridgehead atoms. The van der Waals surface area contributed by atoms with Gasteiger partial charge in [0.15, 0.2) is 0 Å². The average Bonchev–Trinajstić information content (AvgIpc) is 2.67. The fourth-order valence-electron chi connectivity index (χ4n) is 3.48. The maximum atomic E-state index is 13.1. The maximum Gasteiger partial charge on any atom is 0.332 e. The predicted molar refractivity (Wildman–Crippen MR) is 104 cm³/mol. The van der Waals surface area contributed by atoms with Crippen LogP contribution in [0.5, 0.6) is 0 Å². The largest absolute Gasteiger partial charge is 0.334 e. The Balaban J connectivity index is 1.97. The van der Waals surface area contributed by atoms with E-state index in [0.717, 1.165) is 23.7 Å². The van der Waals surface area contributed by atoms with Crippen LogP contribution >= 0.6 is 0 Å². The van der Waals surface area contributed by atoms with Crippen molar-refractivity contribution in [2.45, 2.75) is 25.3 Å². The van der Waals surface area contributed by atoms with E-state index < -0.39 is 21.3 Å². The van der Waals surface area contributed by atoms with E-state index in [4.69, 9.17) is 0 Å². The monoisotopic (exact) mass is 409 g/mol. The number of nitrogens with zero attached hydrogens (tertiary/aromatic N) is 4. The van der Waals surface area contributed by atoms with Crippen molar-refractivity contribution in [3.63, 3.8) is 0 Å². The van der Waals surface area contributed by atoms with Gasteiger partial charge in [-0.15, -0.1) is 0 Å². The van der Waals surface area contributed by atoms with Gasteiger partial charge in [0.05, 0.1) is 17.2 Å². The molecule has 1 atom stereocenters. The molecule has 1 aliphatic rings. The number of fused-ring (bicyclic) bond motifs is 1. The molecule has 1 fully saturated rings. The first-order chi connectivity index (χ1) is 13.1. The third-order valence-corrected chi connectivity index (χ3v) is 5.70. The van der Waals surface area contributed by atoms with E-state index in [1.807, 2.05) is 0 Å². The van der Waals surface area contributed by atoms with Gasteiger partial charge >= 0.3 is 5.69 Å². The zero-order valence-corrected chi connectivity index (χ0v) is 16.8. The third-order valence-electron chi connectivity index (χ3n) is 5.01. The maximum absolute atomic E-state index is 13.1. The van der Waals surface area contributed by atoms with Gasteiger partial charge in [-0.2, -0.15) is 0 Å². The number of aromatic nitrogens is 3. The standard InChI is InChI=1S/C17H23N5O5S/c1-20-14-13(16(24)21(2)17(20)25)8-11(9-18-14)15(23)22-7-5-4-6-12(22)10-19-28(3,26)27/h8-9,12,19H,4-7,10H2,1-3H3. The number of carbonyl (C=O) groups is 1. The van der Waals surface area contributed by atoms with E-state index in [1.165, 1.54) is 30.9 Å². The highest BCUT2D eigenvalue weighted by molar-refractivity contribution is 7.88. The molecule has 0 aromatic carbocycles. The molecule has 1 unspecified atom stereocenters. The van der Waals surface area contributed by atoms with E-state index in [0.29, 0.717) is 13.0 Å². The molecule has 1 amide bonds. The predicted octanol–water partition coefficient (Wildman–Crippen LogP) is -0.824. The third kappa shape index (κ3) is 3.85. The topological polar surface area (TPSA) is 123 Å². The fraction of sp³-hybridized carbons (Fsp3) is 0.529. The Hall–Kier alpha value is -2.53. The van der Waals surface area contributed by atoms with E-state index in [1.54, 1.807) is 4.90 Å². The minimum Gasteiger partial charge on any atom is -0.334 e. The Labute approximate surface area is 161 Å². The summed E-state index contributed by atoms with van der Waals surface area (Å²) in [6, 6.07) is 1.18. The molecule has 1 aliphatic heterocycles. The summed E-state index contributed by atoms with van der Waals surface area (Å²) in [5.41, 5.74) is -0.575. The van der Waals surface area contributed by atoms with Crippen molar-refractivity contribution in [3.05, 3.63) is 38.7 Å². The lowest BCUT2D eigenvalue weighted by Crippen LogP contribution is -2.49. The summed E-state index contributed by atoms with van der Waals surface area (Å²) in [7, 11) is -0.481. The van der Waals surface area contributed by atoms with Crippen molar-refractivity contribution in [1.29, 1.82) is 0 Å². The van der Waals surface area contributed by atoms with E-state index >= 15 is 0 Å². The molecule has 10 nitrogen and oxygen atoms in total. The van der Waals surface area contributed by atoms with Crippen LogP contribution in [0.15, 0.2) is 21.9 Å². The summed E-state index contributed by atoms with van der Waals surface area (Å²) in [4.78, 5) is 43.3. The van der Waals surface area contributed by atoms with E-state index in [2.05, 4.69) is 9.71 Å². The number of amides is 1. The smallest absolute Gasteiger partial charge is 0.332 e. The Bertz CT molecular complexity index is 1150. The normalized spacial score (nSPS) is 17.8. The van der Waals surface area contributed by atoms with Gasteiger partial charge in [-0.05, 0) is 25.3 Å². The van der Waals surface area contributed by atoms with Gasteiger partial charge in [-0.3, -0.25) is 18.7 Å². The number of piperidine rings is 1. The molecule has 0 radical (unpaired) electrons. The molecule has 1 N–H and O–H groups in total. The van der Waals surface area contributed by atoms with Crippen LogP contribution in [0.3, 0.4) is 0 Å². The number of hydrogen-bond donors (Lipinski definition) is 1. The van der Waals surface area contributed by atoms with Gasteiger partial charge in [0.2, 0.25) is 10.0 Å². The van der Waals surface area contributed by atoms with Crippen LogP contribution in [0.2, 0.25) is 0 Å². The van der Waals surface area contributed by atoms with Crippen LogP contribution in [0.25, 0.3) is 11.0 Å². The van der Waals surface area contributed by atoms with E-state index in [-0.39, 0.29) is 35.1 Å². The van der Waals surface area contributed by atoms with Gasteiger partial charge in [0, 0.05) is 39.4 Å². The first-order valence-corrected chi connectivity index (χ1v) is 10.8. The highest BCUT2D eigenvalue weighted by Gasteiger charge is 2.28. The van der Waals surface area contributed by atoms with Crippen LogP contribution in [0, 0.1) is 0 Å². The lowest BCUT2D eigenvalue weighted by atomic mass is 10.0. The molecule has 3 rings (SSSR count). The molecule has 11 heteroatoms. The molecular formula is C17H23N5O5S. The quantitative estimate of drug-likeness (QED) is 0.704. The summed E-state index contributed by atoms with van der Waals surface area (Å²) in [5, 5.41) is 0.179. The second-order valence-electron chi connectivity index (χ2n) is 7.07. The van der Waals surface area contributed by atoms with Crippen molar-refractivity contribution in [2.24, 2.45) is 14.1 Å². The first kappa shape index (κ1) is 20.2. The minimum absolute atomic E-state index is 0.141. The summed E-state index contributed by atoms with van der Waals surface area (Å²) >= 11 is 0. The van der Waals surface area contributed by atoms with Crippen LogP contribution in [-0.4, -0.2) is 58.7 Å². The Morgan fingerprint density at radius 2 is 1.96 bits per heavy atom. The fourth-order valence-corrected chi connectivity index (χ4v) is 3.97. The minimum atomic E-state index is -3.36. The molecule has 28 heavy (non-hydrogen) atoms. The summed E-state index contributed by atoms with van der Waals surface area (Å²) in [6.45, 7) is 0.639. The molecular weight excluding hydrogens is 386 g/mol. The molecule has 2 aromatic heterocycles. The van der Waals surface area contributed by atoms with Crippen molar-refractivity contribution >= 4 is 27.0 Å². The van der Waals surface area contributed by atoms with Crippen LogP contribution in [0.1, 0.15) is 29.6 Å². The Kier molecular flexibility index (Phi) is 5.39. The highest BCUT2D eigenvalue weighted by atomic mass is 32.2. The van der Waals surface area contributed by atoms with Crippen molar-refractivity contribution < 1.29 is 13.2 Å². The Morgan fingerprint density at radius 3 is 2.64 bits per heavy atom. The number of aryl methyl sites for hydroxylation is 1. The number of carbonyl (C=O) groups excluding carboxylic acids is 1. The summed E-state index contributed by atoms with van der Waals surface area (Å²) in [6.07, 6.45) is 4.83. The zero-order chi connectivity index (χ0) is 20.6. The van der Waals surface area contributed by atoms with Crippen molar-refractivity contribution in [3.8, 4) is 0 Å². The molecule has 2 aromatic rings. The molecule has 0 aliphatic carbocycles. The average molecular weight is 409 g/mol. The van der Waals surface area contributed by atoms with Crippen molar-refractivity contribution in [1.82, 2.24) is 23.7 Å². The van der Waals surface area contributed by atoms with Crippen molar-refractivity contribution in [2.75, 3.05) is 19.3 Å². The van der Waals surface area contributed by atoms with E-state index in [9.17, 15) is 22.8 Å². The lowest BCUT2D eigenvalue weighted by Gasteiger charge is -2.35. The number of likely N-dealkylation sites (tertiary alicyclic amines) is 1. The first-order valence-electron chi connectivity index (χ1n) is 8.91. The number of rotatable bonds is 4. The van der Waals surface area contributed by atoms with Gasteiger partial charge in [-0.25, -0.2) is 22.9 Å². The van der Waals surface area contributed by atoms with Crippen LogP contribution < -0.4 is 16.0 Å². The van der Waals surface area contributed by atoms with Crippen LogP contribution in [-0.2, 0) is 24.1 Å². The second kappa shape index (κ2) is 7.47. The molecule has 0 spiro atoms. The summed E-state index contributed by atoms with van der Waals surface area (Å²) < 4.78 is 27.5. The molecule has 3 heterocycles. The Morgan fingerprint density at radius 1 is 1.25 bits per heavy atom. The van der Waals surface area contributed by atoms with Crippen LogP contribution in [0.4, 0.5) is 0 Å². The summed E-state index contributed by atoms with van der Waals surface area (Å²) in [5.74, 6) is -0.315. The number of pyridine rings is 1. The molecule has 152 valence electrons. The SMILES string of the molecule is Cn1c(=O)c2cc(C(=O)N3CCCCC3CNS(C)(=O)=O)cnc2n(C)c1=O. The lowest BCUT2D eigenvalue weighted by molar-refractivity contribution is 0.0618. The van der Waals surface area contributed by atoms with Gasteiger partial charge in [-0.1, -0.05) is 0 Å². The number of hydrogen-bond acceptors (Lipinski definition) is 6. The van der Waals surface area contributed by atoms with Gasteiger partial charge in [0.1, 0.15) is 5.65 Å². The van der Waals surface area contributed by atoms with Gasteiger partial charge < -0.3 is 4.90 Å². The van der Waals surface area contributed by atoms with Gasteiger partial charge in [0.25, 0.3) is 11.5 Å². The molecule has 0 saturated carbocycles. The number of sulfonamides is 1. The number of nitrogens with one attached hydrogen (secondary N) is 1. The zero-order valence-electron chi connectivity index (χ0n) is 16.0. The highest BCUT2D eigenvalue weighted by Crippen LogP contribution is 2.20.